The number of aromatic amines is 1. The number of nitrogens with one attached hydrogen (secondary N) is 2. The fourth-order valence-corrected chi connectivity index (χ4v) is 2.35. The van der Waals surface area contributed by atoms with Crippen molar-refractivity contribution >= 4 is 0 Å². The molecule has 0 spiro atoms. The van der Waals surface area contributed by atoms with Crippen LogP contribution in [0, 0.1) is 5.92 Å². The first-order chi connectivity index (χ1) is 6.92. The Morgan fingerprint density at radius 2 is 2.21 bits per heavy atom. The summed E-state index contributed by atoms with van der Waals surface area (Å²) in [7, 11) is 0. The van der Waals surface area contributed by atoms with Crippen molar-refractivity contribution in [1.29, 1.82) is 0 Å². The smallest absolute Gasteiger partial charge is 0.124 e. The van der Waals surface area contributed by atoms with Gasteiger partial charge < -0.3 is 4.98 Å². The zero-order chi connectivity index (χ0) is 9.80. The van der Waals surface area contributed by atoms with Gasteiger partial charge in [-0.15, -0.1) is 0 Å². The highest BCUT2D eigenvalue weighted by Crippen LogP contribution is 2.32. The molecule has 0 saturated heterocycles. The molecule has 1 atom stereocenters. The maximum Gasteiger partial charge on any atom is 0.124 e. The summed E-state index contributed by atoms with van der Waals surface area (Å²) in [5, 5.41) is 0. The van der Waals surface area contributed by atoms with Crippen LogP contribution in [-0.4, -0.2) is 9.97 Å². The molecule has 1 aliphatic carbocycles. The van der Waals surface area contributed by atoms with Crippen molar-refractivity contribution < 1.29 is 0 Å². The highest BCUT2D eigenvalue weighted by atomic mass is 15.3. The maximum absolute atomic E-state index is 5.58. The minimum Gasteiger partial charge on any atom is -0.347 e. The van der Waals surface area contributed by atoms with Crippen LogP contribution < -0.4 is 11.3 Å². The number of rotatable bonds is 3. The number of H-pyrrole nitrogens is 1. The zero-order valence-electron chi connectivity index (χ0n) is 8.37. The quantitative estimate of drug-likeness (QED) is 0.504. The van der Waals surface area contributed by atoms with Crippen LogP contribution in [0.15, 0.2) is 12.4 Å². The van der Waals surface area contributed by atoms with Gasteiger partial charge in [0.25, 0.3) is 0 Å². The molecule has 2 rings (SSSR count). The molecule has 1 saturated carbocycles. The second kappa shape index (κ2) is 4.57. The van der Waals surface area contributed by atoms with Gasteiger partial charge in [0.15, 0.2) is 0 Å². The lowest BCUT2D eigenvalue weighted by atomic mass is 9.84. The lowest BCUT2D eigenvalue weighted by Gasteiger charge is -2.28. The van der Waals surface area contributed by atoms with Gasteiger partial charge in [0.1, 0.15) is 5.82 Å². The molecule has 1 heterocycles. The summed E-state index contributed by atoms with van der Waals surface area (Å²) in [5.41, 5.74) is 2.88. The number of hydrazine groups is 1. The molecule has 4 nitrogen and oxygen atoms in total. The molecule has 4 N–H and O–H groups in total. The first kappa shape index (κ1) is 9.68. The molecule has 0 aliphatic heterocycles. The van der Waals surface area contributed by atoms with E-state index in [4.69, 9.17) is 5.84 Å². The Morgan fingerprint density at radius 1 is 1.43 bits per heavy atom. The van der Waals surface area contributed by atoms with E-state index in [0.717, 1.165) is 5.82 Å². The summed E-state index contributed by atoms with van der Waals surface area (Å²) < 4.78 is 0. The molecule has 14 heavy (non-hydrogen) atoms. The van der Waals surface area contributed by atoms with Crippen molar-refractivity contribution in [3.05, 3.63) is 18.2 Å². The third-order valence-corrected chi connectivity index (χ3v) is 3.11. The number of hydrogen-bond acceptors (Lipinski definition) is 3. The number of hydrogen-bond donors (Lipinski definition) is 3. The summed E-state index contributed by atoms with van der Waals surface area (Å²) in [6, 6.07) is 0.199. The Morgan fingerprint density at radius 3 is 2.79 bits per heavy atom. The number of nitrogens with two attached hydrogens (primary N) is 1. The first-order valence-electron chi connectivity index (χ1n) is 5.37. The monoisotopic (exact) mass is 194 g/mol. The lowest BCUT2D eigenvalue weighted by Crippen LogP contribution is -2.35. The van der Waals surface area contributed by atoms with Gasteiger partial charge in [0, 0.05) is 12.4 Å². The van der Waals surface area contributed by atoms with E-state index < -0.39 is 0 Å². The van der Waals surface area contributed by atoms with Crippen molar-refractivity contribution in [2.24, 2.45) is 11.8 Å². The average molecular weight is 194 g/mol. The summed E-state index contributed by atoms with van der Waals surface area (Å²) in [5.74, 6) is 7.20. The number of aromatic nitrogens is 2. The summed E-state index contributed by atoms with van der Waals surface area (Å²) in [4.78, 5) is 7.40. The molecule has 1 aliphatic rings. The Balaban J connectivity index is 2.04. The largest absolute Gasteiger partial charge is 0.347 e. The second-order valence-electron chi connectivity index (χ2n) is 4.02. The molecule has 1 unspecified atom stereocenters. The molecule has 0 amide bonds. The van der Waals surface area contributed by atoms with Gasteiger partial charge in [-0.05, 0) is 18.8 Å². The van der Waals surface area contributed by atoms with Gasteiger partial charge in [0.05, 0.1) is 6.04 Å². The van der Waals surface area contributed by atoms with E-state index >= 15 is 0 Å². The van der Waals surface area contributed by atoms with Crippen molar-refractivity contribution in [3.8, 4) is 0 Å². The van der Waals surface area contributed by atoms with Gasteiger partial charge in [-0.1, -0.05) is 19.3 Å². The van der Waals surface area contributed by atoms with E-state index in [1.165, 1.54) is 32.1 Å². The van der Waals surface area contributed by atoms with Crippen molar-refractivity contribution in [2.45, 2.75) is 38.1 Å². The van der Waals surface area contributed by atoms with Crippen LogP contribution in [0.4, 0.5) is 0 Å². The van der Waals surface area contributed by atoms with Crippen LogP contribution in [0.1, 0.15) is 44.0 Å². The van der Waals surface area contributed by atoms with Crippen LogP contribution in [-0.2, 0) is 0 Å². The van der Waals surface area contributed by atoms with Crippen LogP contribution >= 0.6 is 0 Å². The number of imidazole rings is 1. The SMILES string of the molecule is NNC(c1ncc[nH]1)C1CCCCC1. The highest BCUT2D eigenvalue weighted by Gasteiger charge is 2.25. The average Bonchev–Trinajstić information content (AvgIpc) is 2.74. The molecule has 4 heteroatoms. The van der Waals surface area contributed by atoms with Gasteiger partial charge in [0.2, 0.25) is 0 Å². The zero-order valence-corrected chi connectivity index (χ0v) is 8.37. The van der Waals surface area contributed by atoms with Gasteiger partial charge >= 0.3 is 0 Å². The predicted molar refractivity (Wildman–Crippen MR) is 55.2 cm³/mol. The van der Waals surface area contributed by atoms with Crippen molar-refractivity contribution in [1.82, 2.24) is 15.4 Å². The molecule has 78 valence electrons. The van der Waals surface area contributed by atoms with Gasteiger partial charge in [-0.2, -0.15) is 0 Å². The summed E-state index contributed by atoms with van der Waals surface area (Å²) >= 11 is 0. The van der Waals surface area contributed by atoms with E-state index in [1.807, 2.05) is 6.20 Å². The molecule has 0 aromatic carbocycles. The topological polar surface area (TPSA) is 66.7 Å². The Labute approximate surface area is 84.3 Å². The molecular weight excluding hydrogens is 176 g/mol. The maximum atomic E-state index is 5.58. The van der Waals surface area contributed by atoms with E-state index in [1.54, 1.807) is 6.20 Å². The van der Waals surface area contributed by atoms with E-state index in [2.05, 4.69) is 15.4 Å². The minimum atomic E-state index is 0.199. The molecule has 1 aromatic rings. The molecule has 1 fully saturated rings. The van der Waals surface area contributed by atoms with Crippen LogP contribution in [0.25, 0.3) is 0 Å². The molecule has 0 radical (unpaired) electrons. The third-order valence-electron chi connectivity index (χ3n) is 3.11. The summed E-state index contributed by atoms with van der Waals surface area (Å²) in [6.45, 7) is 0. The fourth-order valence-electron chi connectivity index (χ4n) is 2.35. The van der Waals surface area contributed by atoms with E-state index in [-0.39, 0.29) is 6.04 Å². The standard InChI is InChI=1S/C10H18N4/c11-14-9(10-12-6-7-13-10)8-4-2-1-3-5-8/h6-9,14H,1-5,11H2,(H,12,13). The minimum absolute atomic E-state index is 0.199. The predicted octanol–water partition coefficient (Wildman–Crippen LogP) is 1.49. The molecule has 0 bridgehead atoms. The number of nitrogens with zero attached hydrogens (tertiary/aromatic N) is 1. The Hall–Kier alpha value is -0.870. The Bertz CT molecular complexity index is 251. The van der Waals surface area contributed by atoms with E-state index in [9.17, 15) is 0 Å². The van der Waals surface area contributed by atoms with Gasteiger partial charge in [-0.25, -0.2) is 10.4 Å². The van der Waals surface area contributed by atoms with Crippen LogP contribution in [0.3, 0.4) is 0 Å². The second-order valence-corrected chi connectivity index (χ2v) is 4.02. The third kappa shape index (κ3) is 1.96. The summed E-state index contributed by atoms with van der Waals surface area (Å²) in [6.07, 6.45) is 10.2. The first-order valence-corrected chi connectivity index (χ1v) is 5.37. The normalized spacial score (nSPS) is 20.9. The van der Waals surface area contributed by atoms with Gasteiger partial charge in [-0.3, -0.25) is 5.84 Å². The van der Waals surface area contributed by atoms with Crippen LogP contribution in [0.2, 0.25) is 0 Å². The highest BCUT2D eigenvalue weighted by molar-refractivity contribution is 4.98. The fraction of sp³-hybridized carbons (Fsp3) is 0.700. The van der Waals surface area contributed by atoms with Crippen molar-refractivity contribution in [3.63, 3.8) is 0 Å². The Kier molecular flexibility index (Phi) is 3.16. The van der Waals surface area contributed by atoms with Crippen LogP contribution in [0.5, 0.6) is 0 Å². The molecule has 1 aromatic heterocycles. The molecular formula is C10H18N4. The lowest BCUT2D eigenvalue weighted by molar-refractivity contribution is 0.266. The van der Waals surface area contributed by atoms with Crippen molar-refractivity contribution in [2.75, 3.05) is 0 Å². The van der Waals surface area contributed by atoms with E-state index in [0.29, 0.717) is 5.92 Å².